The summed E-state index contributed by atoms with van der Waals surface area (Å²) in [6.07, 6.45) is 9.25. The Morgan fingerprint density at radius 2 is 2.04 bits per heavy atom. The Balaban J connectivity index is 1.62. The van der Waals surface area contributed by atoms with Crippen LogP contribution in [0.2, 0.25) is 0 Å². The summed E-state index contributed by atoms with van der Waals surface area (Å²) < 4.78 is 1.86. The van der Waals surface area contributed by atoms with Crippen LogP contribution in [0.1, 0.15) is 50.4 Å². The zero-order valence-electron chi connectivity index (χ0n) is 16.1. The predicted octanol–water partition coefficient (Wildman–Crippen LogP) is 2.17. The summed E-state index contributed by atoms with van der Waals surface area (Å²) in [6, 6.07) is 0.0673. The third-order valence-corrected chi connectivity index (χ3v) is 5.86. The molecule has 8 nitrogen and oxygen atoms in total. The van der Waals surface area contributed by atoms with Gasteiger partial charge in [-0.2, -0.15) is 5.10 Å². The van der Waals surface area contributed by atoms with Crippen LogP contribution in [0.4, 0.5) is 4.79 Å². The van der Waals surface area contributed by atoms with Crippen LogP contribution < -0.4 is 5.56 Å². The van der Waals surface area contributed by atoms with Crippen LogP contribution in [0.5, 0.6) is 0 Å². The fourth-order valence-electron chi connectivity index (χ4n) is 4.44. The molecule has 1 saturated carbocycles. The molecule has 4 rings (SSSR count). The van der Waals surface area contributed by atoms with Gasteiger partial charge in [0.15, 0.2) is 5.65 Å². The fourth-order valence-corrected chi connectivity index (χ4v) is 4.44. The molecular formula is C19H28N6O2. The molecular weight excluding hydrogens is 344 g/mol. The first-order valence-corrected chi connectivity index (χ1v) is 9.95. The van der Waals surface area contributed by atoms with Crippen molar-refractivity contribution in [2.75, 3.05) is 27.2 Å². The number of fused-ring (bicyclic) bond motifs is 1. The van der Waals surface area contributed by atoms with Crippen molar-refractivity contribution < 1.29 is 4.79 Å². The molecule has 0 bridgehead atoms. The lowest BCUT2D eigenvalue weighted by Gasteiger charge is -2.34. The summed E-state index contributed by atoms with van der Waals surface area (Å²) in [6.45, 7) is 1.36. The number of likely N-dealkylation sites (tertiary alicyclic amines) is 1. The zero-order chi connectivity index (χ0) is 19.0. The molecule has 2 aromatic heterocycles. The van der Waals surface area contributed by atoms with Crippen LogP contribution in [0.15, 0.2) is 11.0 Å². The maximum Gasteiger partial charge on any atom is 0.319 e. The van der Waals surface area contributed by atoms with Gasteiger partial charge in [-0.1, -0.05) is 25.7 Å². The van der Waals surface area contributed by atoms with E-state index in [4.69, 9.17) is 4.98 Å². The Hall–Kier alpha value is -2.38. The molecule has 2 fully saturated rings. The summed E-state index contributed by atoms with van der Waals surface area (Å²) in [5.74, 6) is 1.38. The number of carbonyl (C=O) groups excluding carboxylic acids is 1. The first-order valence-electron chi connectivity index (χ1n) is 9.95. The highest BCUT2D eigenvalue weighted by Gasteiger charge is 2.28. The van der Waals surface area contributed by atoms with Gasteiger partial charge in [-0.15, -0.1) is 0 Å². The molecule has 27 heavy (non-hydrogen) atoms. The average molecular weight is 372 g/mol. The second-order valence-corrected chi connectivity index (χ2v) is 8.11. The number of H-pyrrole nitrogens is 1. The molecule has 1 aliphatic heterocycles. The van der Waals surface area contributed by atoms with Crippen molar-refractivity contribution in [3.8, 4) is 0 Å². The largest absolute Gasteiger partial charge is 0.331 e. The topological polar surface area (TPSA) is 87.1 Å². The summed E-state index contributed by atoms with van der Waals surface area (Å²) >= 11 is 0. The lowest BCUT2D eigenvalue weighted by atomic mass is 10.0. The number of hydrogen-bond acceptors (Lipinski definition) is 4. The van der Waals surface area contributed by atoms with Gasteiger partial charge in [-0.3, -0.25) is 4.79 Å². The van der Waals surface area contributed by atoms with Crippen molar-refractivity contribution >= 4 is 17.1 Å². The molecule has 1 N–H and O–H groups in total. The Morgan fingerprint density at radius 1 is 1.26 bits per heavy atom. The quantitative estimate of drug-likeness (QED) is 0.894. The molecule has 0 radical (unpaired) electrons. The van der Waals surface area contributed by atoms with Crippen LogP contribution in [0.3, 0.4) is 0 Å². The molecule has 1 aliphatic carbocycles. The number of hydrogen-bond donors (Lipinski definition) is 1. The SMILES string of the molecule is CN(C)C(=O)N1CCCC(n2ncc3c(=O)[nH]c(CC4CCCC4)nc32)C1. The molecule has 3 heterocycles. The Morgan fingerprint density at radius 3 is 2.78 bits per heavy atom. The molecule has 1 atom stereocenters. The first-order chi connectivity index (χ1) is 13.0. The maximum absolute atomic E-state index is 12.5. The molecule has 2 amide bonds. The number of nitrogens with zero attached hydrogens (tertiary/aromatic N) is 5. The number of aromatic amines is 1. The van der Waals surface area contributed by atoms with Crippen molar-refractivity contribution in [3.63, 3.8) is 0 Å². The molecule has 0 spiro atoms. The lowest BCUT2D eigenvalue weighted by molar-refractivity contribution is 0.142. The minimum Gasteiger partial charge on any atom is -0.331 e. The number of amides is 2. The number of urea groups is 1. The van der Waals surface area contributed by atoms with Crippen molar-refractivity contribution in [2.45, 2.75) is 51.0 Å². The second kappa shape index (κ2) is 7.32. The zero-order valence-corrected chi connectivity index (χ0v) is 16.1. The first kappa shape index (κ1) is 18.0. The third-order valence-electron chi connectivity index (χ3n) is 5.86. The number of rotatable bonds is 3. The molecule has 0 aromatic carbocycles. The van der Waals surface area contributed by atoms with E-state index in [1.54, 1.807) is 25.2 Å². The predicted molar refractivity (Wildman–Crippen MR) is 103 cm³/mol. The summed E-state index contributed by atoms with van der Waals surface area (Å²) in [5, 5.41) is 5.00. The monoisotopic (exact) mass is 372 g/mol. The van der Waals surface area contributed by atoms with Crippen molar-refractivity contribution in [3.05, 3.63) is 22.4 Å². The number of nitrogens with one attached hydrogen (secondary N) is 1. The van der Waals surface area contributed by atoms with Crippen LogP contribution in [0.25, 0.3) is 11.0 Å². The highest BCUT2D eigenvalue weighted by atomic mass is 16.2. The number of carbonyl (C=O) groups is 1. The van der Waals surface area contributed by atoms with Gasteiger partial charge in [0.1, 0.15) is 11.2 Å². The second-order valence-electron chi connectivity index (χ2n) is 8.11. The Labute approximate surface area is 158 Å². The fraction of sp³-hybridized carbons (Fsp3) is 0.684. The van der Waals surface area contributed by atoms with E-state index in [0.717, 1.165) is 31.6 Å². The smallest absolute Gasteiger partial charge is 0.319 e. The highest BCUT2D eigenvalue weighted by Crippen LogP contribution is 2.28. The summed E-state index contributed by atoms with van der Waals surface area (Å²) in [7, 11) is 3.54. The molecule has 1 saturated heterocycles. The van der Waals surface area contributed by atoms with Crippen molar-refractivity contribution in [1.82, 2.24) is 29.5 Å². The average Bonchev–Trinajstić information content (AvgIpc) is 3.31. The van der Waals surface area contributed by atoms with Gasteiger partial charge in [-0.25, -0.2) is 14.5 Å². The van der Waals surface area contributed by atoms with E-state index in [1.165, 1.54) is 25.7 Å². The van der Waals surface area contributed by atoms with Crippen LogP contribution in [-0.4, -0.2) is 62.8 Å². The standard InChI is InChI=1S/C19H28N6O2/c1-23(2)19(27)24-9-5-8-14(12-24)25-17-15(11-20-25)18(26)22-16(21-17)10-13-6-3-4-7-13/h11,13-14H,3-10,12H2,1-2H3,(H,21,22,26). The van der Waals surface area contributed by atoms with Crippen LogP contribution >= 0.6 is 0 Å². The van der Waals surface area contributed by atoms with Gasteiger partial charge in [-0.05, 0) is 18.8 Å². The normalized spacial score (nSPS) is 21.1. The van der Waals surface area contributed by atoms with E-state index >= 15 is 0 Å². The highest BCUT2D eigenvalue weighted by molar-refractivity contribution is 5.74. The van der Waals surface area contributed by atoms with E-state index in [1.807, 2.05) is 9.58 Å². The molecule has 2 aliphatic rings. The van der Waals surface area contributed by atoms with E-state index in [-0.39, 0.29) is 17.6 Å². The Bertz CT molecular complexity index is 880. The molecule has 8 heteroatoms. The lowest BCUT2D eigenvalue weighted by Crippen LogP contribution is -2.45. The van der Waals surface area contributed by atoms with Gasteiger partial charge >= 0.3 is 6.03 Å². The van der Waals surface area contributed by atoms with E-state index in [9.17, 15) is 9.59 Å². The van der Waals surface area contributed by atoms with E-state index in [2.05, 4.69) is 10.1 Å². The Kier molecular flexibility index (Phi) is 4.88. The van der Waals surface area contributed by atoms with Crippen molar-refractivity contribution in [2.24, 2.45) is 5.92 Å². The third kappa shape index (κ3) is 3.57. The summed E-state index contributed by atoms with van der Waals surface area (Å²) in [5.41, 5.74) is 0.534. The van der Waals surface area contributed by atoms with Gasteiger partial charge in [0, 0.05) is 33.6 Å². The van der Waals surface area contributed by atoms with Gasteiger partial charge in [0.25, 0.3) is 5.56 Å². The van der Waals surface area contributed by atoms with Crippen molar-refractivity contribution in [1.29, 1.82) is 0 Å². The summed E-state index contributed by atoms with van der Waals surface area (Å²) in [4.78, 5) is 36.0. The van der Waals surface area contributed by atoms with Crippen LogP contribution in [-0.2, 0) is 6.42 Å². The number of piperidine rings is 1. The van der Waals surface area contributed by atoms with Gasteiger partial charge in [0.05, 0.1) is 12.2 Å². The molecule has 146 valence electrons. The maximum atomic E-state index is 12.5. The van der Waals surface area contributed by atoms with Gasteiger partial charge < -0.3 is 14.8 Å². The number of aromatic nitrogens is 4. The molecule has 1 unspecified atom stereocenters. The van der Waals surface area contributed by atoms with Gasteiger partial charge in [0.2, 0.25) is 0 Å². The van der Waals surface area contributed by atoms with E-state index < -0.39 is 0 Å². The minimum atomic E-state index is -0.115. The minimum absolute atomic E-state index is 0.0175. The van der Waals surface area contributed by atoms with Crippen LogP contribution in [0, 0.1) is 5.92 Å². The van der Waals surface area contributed by atoms with E-state index in [0.29, 0.717) is 23.5 Å². The molecule has 2 aromatic rings.